The molecule has 0 amide bonds. The van der Waals surface area contributed by atoms with Crippen molar-refractivity contribution in [1.29, 1.82) is 0 Å². The minimum Gasteiger partial charge on any atom is -0.396 e. The quantitative estimate of drug-likeness (QED) is 0.564. The fraction of sp³-hybridized carbons (Fsp3) is 1.00. The van der Waals surface area contributed by atoms with Gasteiger partial charge in [0.05, 0.1) is 0 Å². The van der Waals surface area contributed by atoms with E-state index in [1.54, 1.807) is 0 Å². The summed E-state index contributed by atoms with van der Waals surface area (Å²) in [5, 5.41) is 12.2. The molecule has 1 heterocycles. The number of nitrogens with one attached hydrogen (secondary N) is 1. The fourth-order valence-corrected chi connectivity index (χ4v) is 1.34. The predicted molar refractivity (Wildman–Crippen MR) is 37.3 cm³/mol. The highest BCUT2D eigenvalue weighted by Gasteiger charge is 2.30. The van der Waals surface area contributed by atoms with Gasteiger partial charge >= 0.3 is 0 Å². The van der Waals surface area contributed by atoms with Crippen LogP contribution in [0.2, 0.25) is 0 Å². The topological polar surface area (TPSA) is 32.3 Å². The Labute approximate surface area is 56.3 Å². The molecule has 2 nitrogen and oxygen atoms in total. The molecule has 0 saturated carbocycles. The van der Waals surface area contributed by atoms with E-state index in [0.29, 0.717) is 6.61 Å². The summed E-state index contributed by atoms with van der Waals surface area (Å²) < 4.78 is 0. The average molecular weight is 129 g/mol. The molecule has 1 saturated heterocycles. The Morgan fingerprint density at radius 1 is 1.67 bits per heavy atom. The summed E-state index contributed by atoms with van der Waals surface area (Å²) in [6.45, 7) is 4.56. The van der Waals surface area contributed by atoms with Gasteiger partial charge in [-0.05, 0) is 19.4 Å². The van der Waals surface area contributed by atoms with Crippen molar-refractivity contribution in [2.45, 2.75) is 19.8 Å². The molecule has 1 fully saturated rings. The minimum absolute atomic E-state index is 0.222. The van der Waals surface area contributed by atoms with Crippen molar-refractivity contribution in [2.24, 2.45) is 5.41 Å². The Kier molecular flexibility index (Phi) is 2.09. The molecule has 0 bridgehead atoms. The van der Waals surface area contributed by atoms with Gasteiger partial charge in [-0.15, -0.1) is 0 Å². The second-order valence-corrected chi connectivity index (χ2v) is 2.94. The van der Waals surface area contributed by atoms with Crippen LogP contribution in [0, 0.1) is 5.41 Å². The van der Waals surface area contributed by atoms with Crippen LogP contribution in [0.3, 0.4) is 0 Å². The number of hydrogen-bond donors (Lipinski definition) is 2. The Bertz CT molecular complexity index is 80.9. The van der Waals surface area contributed by atoms with E-state index in [-0.39, 0.29) is 5.41 Å². The van der Waals surface area contributed by atoms with Gasteiger partial charge in [0.1, 0.15) is 0 Å². The first-order chi connectivity index (χ1) is 4.33. The summed E-state index contributed by atoms with van der Waals surface area (Å²) in [6, 6.07) is 0. The zero-order valence-electron chi connectivity index (χ0n) is 5.98. The largest absolute Gasteiger partial charge is 0.396 e. The molecule has 0 aromatic heterocycles. The maximum atomic E-state index is 8.98. The highest BCUT2D eigenvalue weighted by atomic mass is 16.3. The number of rotatable bonds is 2. The summed E-state index contributed by atoms with van der Waals surface area (Å²) in [5.74, 6) is 0. The molecule has 1 aliphatic heterocycles. The lowest BCUT2D eigenvalue weighted by Gasteiger charge is -2.22. The Balaban J connectivity index is 2.45. The molecule has 9 heavy (non-hydrogen) atoms. The number of aliphatic hydroxyl groups excluding tert-OH is 1. The van der Waals surface area contributed by atoms with Gasteiger partial charge in [0.2, 0.25) is 0 Å². The van der Waals surface area contributed by atoms with Crippen molar-refractivity contribution in [2.75, 3.05) is 19.7 Å². The molecule has 0 aromatic carbocycles. The standard InChI is InChI=1S/C7H15NO/c1-2-7(6-9)3-4-8-5-7/h8-9H,2-6H2,1H3/t7-/m0/s1. The first-order valence-electron chi connectivity index (χ1n) is 3.64. The maximum absolute atomic E-state index is 8.98. The zero-order chi connectivity index (χ0) is 6.74. The van der Waals surface area contributed by atoms with Crippen LogP contribution in [0.1, 0.15) is 19.8 Å². The van der Waals surface area contributed by atoms with E-state index < -0.39 is 0 Å². The molecule has 0 unspecified atom stereocenters. The van der Waals surface area contributed by atoms with E-state index in [4.69, 9.17) is 5.11 Å². The summed E-state index contributed by atoms with van der Waals surface area (Å²) in [7, 11) is 0. The van der Waals surface area contributed by atoms with Crippen molar-refractivity contribution < 1.29 is 5.11 Å². The van der Waals surface area contributed by atoms with E-state index >= 15 is 0 Å². The molecule has 0 aliphatic carbocycles. The molecular weight excluding hydrogens is 114 g/mol. The second kappa shape index (κ2) is 2.67. The van der Waals surface area contributed by atoms with Crippen molar-refractivity contribution in [3.05, 3.63) is 0 Å². The van der Waals surface area contributed by atoms with Crippen molar-refractivity contribution in [1.82, 2.24) is 5.32 Å². The van der Waals surface area contributed by atoms with Crippen LogP contribution < -0.4 is 5.32 Å². The molecule has 2 N–H and O–H groups in total. The van der Waals surface area contributed by atoms with Gasteiger partial charge < -0.3 is 10.4 Å². The highest BCUT2D eigenvalue weighted by Crippen LogP contribution is 2.27. The van der Waals surface area contributed by atoms with Crippen LogP contribution in [0.5, 0.6) is 0 Å². The lowest BCUT2D eigenvalue weighted by atomic mass is 9.85. The van der Waals surface area contributed by atoms with Crippen LogP contribution in [-0.2, 0) is 0 Å². The van der Waals surface area contributed by atoms with Crippen LogP contribution in [0.25, 0.3) is 0 Å². The van der Waals surface area contributed by atoms with Crippen molar-refractivity contribution in [3.63, 3.8) is 0 Å². The van der Waals surface area contributed by atoms with Gasteiger partial charge in [0.25, 0.3) is 0 Å². The van der Waals surface area contributed by atoms with Crippen LogP contribution in [0.4, 0.5) is 0 Å². The minimum atomic E-state index is 0.222. The second-order valence-electron chi connectivity index (χ2n) is 2.94. The molecule has 1 aliphatic rings. The lowest BCUT2D eigenvalue weighted by Crippen LogP contribution is -2.26. The lowest BCUT2D eigenvalue weighted by molar-refractivity contribution is 0.139. The van der Waals surface area contributed by atoms with Crippen LogP contribution in [-0.4, -0.2) is 24.8 Å². The third kappa shape index (κ3) is 1.25. The molecule has 0 spiro atoms. The first-order valence-corrected chi connectivity index (χ1v) is 3.64. The van der Waals surface area contributed by atoms with Crippen molar-refractivity contribution in [3.8, 4) is 0 Å². The number of hydrogen-bond acceptors (Lipinski definition) is 2. The van der Waals surface area contributed by atoms with Gasteiger partial charge in [-0.3, -0.25) is 0 Å². The average Bonchev–Trinajstić information content (AvgIpc) is 2.36. The van der Waals surface area contributed by atoms with Gasteiger partial charge in [-0.25, -0.2) is 0 Å². The van der Waals surface area contributed by atoms with E-state index in [1.165, 1.54) is 0 Å². The SMILES string of the molecule is CC[C@]1(CO)CCNC1. The van der Waals surface area contributed by atoms with E-state index in [9.17, 15) is 0 Å². The normalized spacial score (nSPS) is 35.3. The Hall–Kier alpha value is -0.0800. The summed E-state index contributed by atoms with van der Waals surface area (Å²) in [6.07, 6.45) is 2.23. The zero-order valence-corrected chi connectivity index (χ0v) is 5.98. The smallest absolute Gasteiger partial charge is 0.0499 e. The van der Waals surface area contributed by atoms with Gasteiger partial charge in [0.15, 0.2) is 0 Å². The molecule has 0 radical (unpaired) electrons. The van der Waals surface area contributed by atoms with Crippen molar-refractivity contribution >= 4 is 0 Å². The third-order valence-electron chi connectivity index (χ3n) is 2.42. The predicted octanol–water partition coefficient (Wildman–Crippen LogP) is 0.368. The summed E-state index contributed by atoms with van der Waals surface area (Å²) in [5.41, 5.74) is 0.222. The van der Waals surface area contributed by atoms with Gasteiger partial charge in [0, 0.05) is 18.6 Å². The van der Waals surface area contributed by atoms with Gasteiger partial charge in [-0.1, -0.05) is 6.92 Å². The monoisotopic (exact) mass is 129 g/mol. The van der Waals surface area contributed by atoms with Crippen LogP contribution in [0.15, 0.2) is 0 Å². The summed E-state index contributed by atoms with van der Waals surface area (Å²) in [4.78, 5) is 0. The Morgan fingerprint density at radius 2 is 2.44 bits per heavy atom. The molecule has 54 valence electrons. The molecule has 2 heteroatoms. The summed E-state index contributed by atoms with van der Waals surface area (Å²) >= 11 is 0. The van der Waals surface area contributed by atoms with E-state index in [1.807, 2.05) is 0 Å². The maximum Gasteiger partial charge on any atom is 0.0499 e. The van der Waals surface area contributed by atoms with E-state index in [0.717, 1.165) is 25.9 Å². The Morgan fingerprint density at radius 3 is 2.67 bits per heavy atom. The molecule has 1 rings (SSSR count). The molecule has 1 atom stereocenters. The fourth-order valence-electron chi connectivity index (χ4n) is 1.34. The van der Waals surface area contributed by atoms with Gasteiger partial charge in [-0.2, -0.15) is 0 Å². The molecular formula is C7H15NO. The van der Waals surface area contributed by atoms with Crippen LogP contribution >= 0.6 is 0 Å². The highest BCUT2D eigenvalue weighted by molar-refractivity contribution is 4.85. The third-order valence-corrected chi connectivity index (χ3v) is 2.42. The van der Waals surface area contributed by atoms with E-state index in [2.05, 4.69) is 12.2 Å². The number of aliphatic hydroxyl groups is 1. The molecule has 0 aromatic rings. The first kappa shape index (κ1) is 7.03.